The van der Waals surface area contributed by atoms with Crippen molar-refractivity contribution in [1.82, 2.24) is 0 Å². The Kier molecular flexibility index (Phi) is 5.60. The van der Waals surface area contributed by atoms with Crippen LogP contribution in [-0.4, -0.2) is 30.1 Å². The van der Waals surface area contributed by atoms with Gasteiger partial charge in [-0.1, -0.05) is 41.4 Å². The summed E-state index contributed by atoms with van der Waals surface area (Å²) in [5.74, 6) is 0.896. The first-order chi connectivity index (χ1) is 13.9. The van der Waals surface area contributed by atoms with Crippen LogP contribution in [0.4, 0.5) is 5.69 Å². The van der Waals surface area contributed by atoms with Gasteiger partial charge in [-0.25, -0.2) is 0 Å². The van der Waals surface area contributed by atoms with Crippen molar-refractivity contribution in [2.45, 2.75) is 36.8 Å². The summed E-state index contributed by atoms with van der Waals surface area (Å²) in [5.41, 5.74) is 7.63. The fourth-order valence-electron chi connectivity index (χ4n) is 4.18. The lowest BCUT2D eigenvalue weighted by atomic mass is 9.75. The monoisotopic (exact) mass is 430 g/mol. The molecule has 3 atom stereocenters. The van der Waals surface area contributed by atoms with Gasteiger partial charge in [-0.3, -0.25) is 4.99 Å². The molecule has 4 nitrogen and oxygen atoms in total. The Morgan fingerprint density at radius 3 is 2.38 bits per heavy atom. The lowest BCUT2D eigenvalue weighted by Crippen LogP contribution is -2.44. The van der Waals surface area contributed by atoms with Gasteiger partial charge >= 0.3 is 0 Å². The van der Waals surface area contributed by atoms with E-state index in [0.717, 1.165) is 29.7 Å². The van der Waals surface area contributed by atoms with Gasteiger partial charge in [0.25, 0.3) is 0 Å². The highest BCUT2D eigenvalue weighted by molar-refractivity contribution is 6.38. The summed E-state index contributed by atoms with van der Waals surface area (Å²) >= 11 is 12.7. The standard InChI is InChI=1S/C23H24Cl2N2O2/c1-29-17-7-3-14(4-8-17)11-18(15-12-19(24)21(26)20(25)13-15)22(28)23(16-5-6-16)9-2-10-27-23/h2-4,7-10,12-13,16,18,22,28H,5-6,11,26H2,1H3. The zero-order chi connectivity index (χ0) is 20.6. The molecule has 3 unspecified atom stereocenters. The average Bonchev–Trinajstić information content (AvgIpc) is 3.47. The predicted octanol–water partition coefficient (Wildman–Crippen LogP) is 5.06. The Hall–Kier alpha value is -2.01. The molecule has 1 heterocycles. The Labute approximate surface area is 181 Å². The molecule has 3 N–H and O–H groups in total. The molecular formula is C23H24Cl2N2O2. The predicted molar refractivity (Wildman–Crippen MR) is 119 cm³/mol. The van der Waals surface area contributed by atoms with Crippen molar-refractivity contribution in [3.05, 3.63) is 69.7 Å². The third kappa shape index (κ3) is 3.89. The van der Waals surface area contributed by atoms with Gasteiger partial charge in [-0.15, -0.1) is 0 Å². The number of hydrogen-bond donors (Lipinski definition) is 2. The number of hydrogen-bond acceptors (Lipinski definition) is 4. The van der Waals surface area contributed by atoms with Gasteiger partial charge in [-0.05, 0) is 66.6 Å². The van der Waals surface area contributed by atoms with E-state index in [2.05, 4.69) is 0 Å². The van der Waals surface area contributed by atoms with Gasteiger partial charge in [0, 0.05) is 12.1 Å². The van der Waals surface area contributed by atoms with Crippen molar-refractivity contribution in [2.75, 3.05) is 12.8 Å². The second-order valence-electron chi connectivity index (χ2n) is 7.80. The van der Waals surface area contributed by atoms with E-state index >= 15 is 0 Å². The SMILES string of the molecule is COc1ccc(CC(c2cc(Cl)c(N)c(Cl)c2)C(O)C2(C3CC3)C=CC=N2)cc1. The first kappa shape index (κ1) is 20.3. The van der Waals surface area contributed by atoms with Gasteiger partial charge < -0.3 is 15.6 Å². The molecular weight excluding hydrogens is 407 g/mol. The number of aliphatic hydroxyl groups is 1. The Bertz CT molecular complexity index is 917. The molecule has 0 aromatic heterocycles. The topological polar surface area (TPSA) is 67.8 Å². The molecule has 0 bridgehead atoms. The summed E-state index contributed by atoms with van der Waals surface area (Å²) in [6.07, 6.45) is 7.78. The molecule has 1 fully saturated rings. The number of allylic oxidation sites excluding steroid dienone is 1. The molecule has 0 amide bonds. The van der Waals surface area contributed by atoms with E-state index in [1.165, 1.54) is 0 Å². The number of halogens is 2. The maximum absolute atomic E-state index is 11.6. The lowest BCUT2D eigenvalue weighted by molar-refractivity contribution is 0.0734. The van der Waals surface area contributed by atoms with Gasteiger partial charge in [-0.2, -0.15) is 0 Å². The van der Waals surface area contributed by atoms with Crippen LogP contribution in [0.3, 0.4) is 0 Å². The summed E-state index contributed by atoms with van der Waals surface area (Å²) in [7, 11) is 1.64. The maximum atomic E-state index is 11.6. The van der Waals surface area contributed by atoms with Crippen LogP contribution in [0.15, 0.2) is 53.5 Å². The van der Waals surface area contributed by atoms with Crippen LogP contribution in [0.5, 0.6) is 5.75 Å². The zero-order valence-corrected chi connectivity index (χ0v) is 17.7. The summed E-state index contributed by atoms with van der Waals surface area (Å²) in [5, 5.41) is 12.4. The number of aliphatic hydroxyl groups excluding tert-OH is 1. The molecule has 1 aliphatic heterocycles. The van der Waals surface area contributed by atoms with Crippen LogP contribution >= 0.6 is 23.2 Å². The number of anilines is 1. The highest BCUT2D eigenvalue weighted by atomic mass is 35.5. The summed E-state index contributed by atoms with van der Waals surface area (Å²) in [4.78, 5) is 4.71. The van der Waals surface area contributed by atoms with Crippen LogP contribution in [0.25, 0.3) is 0 Å². The fourth-order valence-corrected chi connectivity index (χ4v) is 4.69. The molecule has 2 aliphatic rings. The molecule has 152 valence electrons. The normalized spacial score (nSPS) is 22.6. The maximum Gasteiger partial charge on any atom is 0.118 e. The third-order valence-corrected chi connectivity index (χ3v) is 6.60. The van der Waals surface area contributed by atoms with Crippen LogP contribution in [0.2, 0.25) is 10.0 Å². The molecule has 6 heteroatoms. The Morgan fingerprint density at radius 2 is 1.86 bits per heavy atom. The minimum absolute atomic E-state index is 0.250. The summed E-state index contributed by atoms with van der Waals surface area (Å²) in [6, 6.07) is 11.5. The number of ether oxygens (including phenoxy) is 1. The highest BCUT2D eigenvalue weighted by Crippen LogP contribution is 2.50. The Morgan fingerprint density at radius 1 is 1.21 bits per heavy atom. The molecule has 0 radical (unpaired) electrons. The first-order valence-corrected chi connectivity index (χ1v) is 10.5. The van der Waals surface area contributed by atoms with E-state index in [9.17, 15) is 5.11 Å². The molecule has 1 aliphatic carbocycles. The number of nitrogen functional groups attached to an aromatic ring is 1. The Balaban J connectivity index is 1.74. The van der Waals surface area contributed by atoms with Crippen molar-refractivity contribution in [1.29, 1.82) is 0 Å². The van der Waals surface area contributed by atoms with Gasteiger partial charge in [0.05, 0.1) is 28.9 Å². The lowest BCUT2D eigenvalue weighted by Gasteiger charge is -2.36. The number of rotatable bonds is 7. The molecule has 2 aromatic carbocycles. The van der Waals surface area contributed by atoms with E-state index in [1.807, 2.05) is 48.6 Å². The molecule has 29 heavy (non-hydrogen) atoms. The number of nitrogens with two attached hydrogens (primary N) is 1. The van der Waals surface area contributed by atoms with Crippen molar-refractivity contribution < 1.29 is 9.84 Å². The first-order valence-electron chi connectivity index (χ1n) is 9.73. The van der Waals surface area contributed by atoms with Crippen LogP contribution in [0, 0.1) is 5.92 Å². The minimum Gasteiger partial charge on any atom is -0.497 e. The van der Waals surface area contributed by atoms with Crippen LogP contribution < -0.4 is 10.5 Å². The molecule has 0 saturated heterocycles. The van der Waals surface area contributed by atoms with E-state index < -0.39 is 11.6 Å². The second kappa shape index (κ2) is 8.02. The van der Waals surface area contributed by atoms with Crippen LogP contribution in [-0.2, 0) is 6.42 Å². The fraction of sp³-hybridized carbons (Fsp3) is 0.348. The number of nitrogens with zero attached hydrogens (tertiary/aromatic N) is 1. The third-order valence-electron chi connectivity index (χ3n) is 5.98. The second-order valence-corrected chi connectivity index (χ2v) is 8.62. The van der Waals surface area contributed by atoms with E-state index in [4.69, 9.17) is 38.7 Å². The number of aliphatic imine (C=N–C) groups is 1. The quantitative estimate of drug-likeness (QED) is 0.602. The zero-order valence-electron chi connectivity index (χ0n) is 16.2. The molecule has 2 aromatic rings. The summed E-state index contributed by atoms with van der Waals surface area (Å²) < 4.78 is 5.26. The molecule has 4 rings (SSSR count). The van der Waals surface area contributed by atoms with E-state index in [0.29, 0.717) is 28.1 Å². The van der Waals surface area contributed by atoms with Crippen molar-refractivity contribution in [3.8, 4) is 5.75 Å². The number of methoxy groups -OCH3 is 1. The van der Waals surface area contributed by atoms with Gasteiger partial charge in [0.2, 0.25) is 0 Å². The summed E-state index contributed by atoms with van der Waals surface area (Å²) in [6.45, 7) is 0. The van der Waals surface area contributed by atoms with Gasteiger partial charge in [0.15, 0.2) is 0 Å². The minimum atomic E-state index is -0.720. The van der Waals surface area contributed by atoms with E-state index in [-0.39, 0.29) is 5.92 Å². The number of benzene rings is 2. The molecule has 1 saturated carbocycles. The largest absolute Gasteiger partial charge is 0.497 e. The van der Waals surface area contributed by atoms with Gasteiger partial charge in [0.1, 0.15) is 11.3 Å². The van der Waals surface area contributed by atoms with Crippen LogP contribution in [0.1, 0.15) is 29.9 Å². The van der Waals surface area contributed by atoms with Crippen molar-refractivity contribution in [2.24, 2.45) is 10.9 Å². The van der Waals surface area contributed by atoms with Crippen molar-refractivity contribution >= 4 is 35.1 Å². The van der Waals surface area contributed by atoms with Crippen molar-refractivity contribution in [3.63, 3.8) is 0 Å². The van der Waals surface area contributed by atoms with E-state index in [1.54, 1.807) is 13.3 Å². The highest BCUT2D eigenvalue weighted by Gasteiger charge is 2.51. The average molecular weight is 431 g/mol. The molecule has 0 spiro atoms. The smallest absolute Gasteiger partial charge is 0.118 e.